The van der Waals surface area contributed by atoms with Crippen LogP contribution in [0.3, 0.4) is 0 Å². The Kier molecular flexibility index (Phi) is 6.55. The molecule has 0 aromatic heterocycles. The molecule has 2 aromatic carbocycles. The van der Waals surface area contributed by atoms with Crippen molar-refractivity contribution in [3.05, 3.63) is 54.6 Å². The second-order valence-electron chi connectivity index (χ2n) is 5.80. The van der Waals surface area contributed by atoms with Crippen LogP contribution >= 0.6 is 0 Å². The summed E-state index contributed by atoms with van der Waals surface area (Å²) < 4.78 is 5.70. The zero-order valence-electron chi connectivity index (χ0n) is 14.5. The Morgan fingerprint density at radius 3 is 2.42 bits per heavy atom. The Morgan fingerprint density at radius 2 is 1.75 bits per heavy atom. The maximum atomic E-state index is 12.0. The summed E-state index contributed by atoms with van der Waals surface area (Å²) in [6.07, 6.45) is 0.815. The van der Waals surface area contributed by atoms with Gasteiger partial charge in [-0.3, -0.25) is 4.79 Å². The van der Waals surface area contributed by atoms with Crippen LogP contribution in [0.5, 0.6) is 5.75 Å². The van der Waals surface area contributed by atoms with E-state index in [1.165, 1.54) is 0 Å². The van der Waals surface area contributed by atoms with Crippen LogP contribution in [0.1, 0.15) is 27.2 Å². The second kappa shape index (κ2) is 8.87. The molecule has 0 aliphatic heterocycles. The van der Waals surface area contributed by atoms with Crippen molar-refractivity contribution < 1.29 is 9.53 Å². The summed E-state index contributed by atoms with van der Waals surface area (Å²) in [6, 6.07) is 17.7. The van der Waals surface area contributed by atoms with Gasteiger partial charge in [0.15, 0.2) is 6.61 Å². The minimum absolute atomic E-state index is 0.0670. The van der Waals surface area contributed by atoms with E-state index in [1.54, 1.807) is 0 Å². The molecule has 0 saturated heterocycles. The minimum Gasteiger partial charge on any atom is -0.483 e. The van der Waals surface area contributed by atoms with E-state index in [-0.39, 0.29) is 12.5 Å². The first-order valence-corrected chi connectivity index (χ1v) is 8.24. The third kappa shape index (κ3) is 4.95. The van der Waals surface area contributed by atoms with E-state index < -0.39 is 0 Å². The van der Waals surface area contributed by atoms with E-state index in [4.69, 9.17) is 4.74 Å². The summed E-state index contributed by atoms with van der Waals surface area (Å²) >= 11 is 0. The van der Waals surface area contributed by atoms with E-state index in [1.807, 2.05) is 61.5 Å². The smallest absolute Gasteiger partial charge is 0.277 e. The lowest BCUT2D eigenvalue weighted by Gasteiger charge is -2.11. The van der Waals surface area contributed by atoms with Gasteiger partial charge in [-0.05, 0) is 24.0 Å². The first-order valence-electron chi connectivity index (χ1n) is 8.24. The van der Waals surface area contributed by atoms with Crippen LogP contribution in [0.2, 0.25) is 0 Å². The standard InChI is InChI=1S/C20H24N2O2/c1-4-18(15(2)3)21-22-20(23)14-24-19-13-9-8-12-17(19)16-10-6-5-7-11-16/h5-13,15H,4,14H2,1-3H3,(H,22,23)/b21-18-. The lowest BCUT2D eigenvalue weighted by molar-refractivity contribution is -0.123. The maximum Gasteiger partial charge on any atom is 0.277 e. The number of carbonyl (C=O) groups is 1. The van der Waals surface area contributed by atoms with Gasteiger partial charge in [-0.25, -0.2) is 5.43 Å². The fourth-order valence-corrected chi connectivity index (χ4v) is 2.37. The van der Waals surface area contributed by atoms with Gasteiger partial charge in [-0.2, -0.15) is 5.10 Å². The zero-order chi connectivity index (χ0) is 17.4. The summed E-state index contributed by atoms with van der Waals surface area (Å²) in [6.45, 7) is 6.07. The summed E-state index contributed by atoms with van der Waals surface area (Å²) in [5.74, 6) is 0.738. The molecule has 0 heterocycles. The predicted octanol–water partition coefficient (Wildman–Crippen LogP) is 4.27. The highest BCUT2D eigenvalue weighted by Crippen LogP contribution is 2.29. The molecule has 0 bridgehead atoms. The molecule has 2 aromatic rings. The third-order valence-electron chi connectivity index (χ3n) is 3.68. The van der Waals surface area contributed by atoms with Gasteiger partial charge in [-0.1, -0.05) is 69.3 Å². The molecule has 126 valence electrons. The van der Waals surface area contributed by atoms with Gasteiger partial charge in [0, 0.05) is 11.3 Å². The van der Waals surface area contributed by atoms with Crippen LogP contribution in [-0.2, 0) is 4.79 Å². The van der Waals surface area contributed by atoms with Gasteiger partial charge in [0.25, 0.3) is 5.91 Å². The molecular formula is C20H24N2O2. The number of hydrogen-bond acceptors (Lipinski definition) is 3. The Morgan fingerprint density at radius 1 is 1.08 bits per heavy atom. The molecular weight excluding hydrogens is 300 g/mol. The molecule has 0 unspecified atom stereocenters. The van der Waals surface area contributed by atoms with Crippen molar-refractivity contribution in [1.29, 1.82) is 0 Å². The Hall–Kier alpha value is -2.62. The van der Waals surface area contributed by atoms with Gasteiger partial charge < -0.3 is 4.74 Å². The fraction of sp³-hybridized carbons (Fsp3) is 0.300. The zero-order valence-corrected chi connectivity index (χ0v) is 14.5. The summed E-state index contributed by atoms with van der Waals surface area (Å²) in [7, 11) is 0. The molecule has 0 saturated carbocycles. The highest BCUT2D eigenvalue weighted by molar-refractivity contribution is 5.87. The molecule has 0 aliphatic carbocycles. The summed E-state index contributed by atoms with van der Waals surface area (Å²) in [5, 5.41) is 4.17. The maximum absolute atomic E-state index is 12.0. The van der Waals surface area contributed by atoms with Crippen LogP contribution in [0.4, 0.5) is 0 Å². The number of para-hydroxylation sites is 1. The molecule has 2 rings (SSSR count). The first-order chi connectivity index (χ1) is 11.6. The highest BCUT2D eigenvalue weighted by atomic mass is 16.5. The van der Waals surface area contributed by atoms with Crippen molar-refractivity contribution >= 4 is 11.6 Å². The quantitative estimate of drug-likeness (QED) is 0.611. The summed E-state index contributed by atoms with van der Waals surface area (Å²) in [5.41, 5.74) is 5.55. The molecule has 0 aliphatic rings. The Labute approximate surface area is 143 Å². The van der Waals surface area contributed by atoms with Gasteiger partial charge in [0.1, 0.15) is 5.75 Å². The van der Waals surface area contributed by atoms with E-state index in [2.05, 4.69) is 24.4 Å². The van der Waals surface area contributed by atoms with Crippen molar-refractivity contribution in [2.24, 2.45) is 11.0 Å². The molecule has 4 heteroatoms. The van der Waals surface area contributed by atoms with Gasteiger partial charge in [0.2, 0.25) is 0 Å². The molecule has 0 fully saturated rings. The highest BCUT2D eigenvalue weighted by Gasteiger charge is 2.09. The third-order valence-corrected chi connectivity index (χ3v) is 3.68. The van der Waals surface area contributed by atoms with Gasteiger partial charge in [0.05, 0.1) is 0 Å². The predicted molar refractivity (Wildman–Crippen MR) is 98.1 cm³/mol. The van der Waals surface area contributed by atoms with Crippen molar-refractivity contribution in [3.8, 4) is 16.9 Å². The number of hydrazone groups is 1. The average Bonchev–Trinajstić information content (AvgIpc) is 2.61. The van der Waals surface area contributed by atoms with Crippen LogP contribution in [0.15, 0.2) is 59.7 Å². The monoisotopic (exact) mass is 324 g/mol. The van der Waals surface area contributed by atoms with Crippen LogP contribution in [-0.4, -0.2) is 18.2 Å². The molecule has 0 atom stereocenters. The van der Waals surface area contributed by atoms with Crippen LogP contribution in [0.25, 0.3) is 11.1 Å². The number of nitrogens with one attached hydrogen (secondary N) is 1. The topological polar surface area (TPSA) is 50.7 Å². The first kappa shape index (κ1) is 17.7. The minimum atomic E-state index is -0.260. The molecule has 24 heavy (non-hydrogen) atoms. The van der Waals surface area contributed by atoms with Crippen LogP contribution < -0.4 is 10.2 Å². The number of nitrogens with zero attached hydrogens (tertiary/aromatic N) is 1. The van der Waals surface area contributed by atoms with Crippen LogP contribution in [0, 0.1) is 5.92 Å². The summed E-state index contributed by atoms with van der Waals surface area (Å²) in [4.78, 5) is 12.0. The largest absolute Gasteiger partial charge is 0.483 e. The molecule has 0 radical (unpaired) electrons. The SMILES string of the molecule is CC/C(=N/NC(=O)COc1ccccc1-c1ccccc1)C(C)C. The Balaban J connectivity index is 2.01. The van der Waals surface area contributed by atoms with E-state index in [9.17, 15) is 4.79 Å². The molecule has 0 spiro atoms. The normalized spacial score (nSPS) is 11.4. The van der Waals surface area contributed by atoms with Crippen molar-refractivity contribution in [3.63, 3.8) is 0 Å². The molecule has 1 N–H and O–H groups in total. The Bertz CT molecular complexity index is 694. The van der Waals surface area contributed by atoms with E-state index in [0.717, 1.165) is 23.3 Å². The number of rotatable bonds is 7. The lowest BCUT2D eigenvalue weighted by atomic mass is 10.1. The number of amides is 1. The van der Waals surface area contributed by atoms with Gasteiger partial charge >= 0.3 is 0 Å². The van der Waals surface area contributed by atoms with Crippen molar-refractivity contribution in [1.82, 2.24) is 5.43 Å². The van der Waals surface area contributed by atoms with E-state index in [0.29, 0.717) is 11.7 Å². The number of carbonyl (C=O) groups excluding carboxylic acids is 1. The van der Waals surface area contributed by atoms with Gasteiger partial charge in [-0.15, -0.1) is 0 Å². The second-order valence-corrected chi connectivity index (χ2v) is 5.80. The molecule has 1 amide bonds. The van der Waals surface area contributed by atoms with Crippen molar-refractivity contribution in [2.75, 3.05) is 6.61 Å². The number of hydrogen-bond donors (Lipinski definition) is 1. The number of benzene rings is 2. The average molecular weight is 324 g/mol. The van der Waals surface area contributed by atoms with Crippen molar-refractivity contribution in [2.45, 2.75) is 27.2 Å². The molecule has 4 nitrogen and oxygen atoms in total. The fourth-order valence-electron chi connectivity index (χ4n) is 2.37. The van der Waals surface area contributed by atoms with E-state index >= 15 is 0 Å². The lowest BCUT2D eigenvalue weighted by Crippen LogP contribution is -2.26. The number of ether oxygens (including phenoxy) is 1.